The highest BCUT2D eigenvalue weighted by atomic mass is 16.5. The second-order valence-corrected chi connectivity index (χ2v) is 7.01. The fourth-order valence-electron chi connectivity index (χ4n) is 3.50. The third kappa shape index (κ3) is 4.87. The summed E-state index contributed by atoms with van der Waals surface area (Å²) in [6.07, 6.45) is 0.0628. The lowest BCUT2D eigenvalue weighted by Gasteiger charge is -2.39. The predicted molar refractivity (Wildman–Crippen MR) is 106 cm³/mol. The van der Waals surface area contributed by atoms with Gasteiger partial charge in [-0.25, -0.2) is 0 Å². The number of morpholine rings is 1. The van der Waals surface area contributed by atoms with E-state index in [2.05, 4.69) is 29.3 Å². The van der Waals surface area contributed by atoms with Crippen LogP contribution in [0.15, 0.2) is 54.6 Å². The largest absolute Gasteiger partial charge is 0.496 e. The van der Waals surface area contributed by atoms with E-state index in [1.807, 2.05) is 49.4 Å². The highest BCUT2D eigenvalue weighted by Crippen LogP contribution is 2.26. The molecule has 1 N–H and O–H groups in total. The van der Waals surface area contributed by atoms with Gasteiger partial charge in [0.25, 0.3) is 0 Å². The van der Waals surface area contributed by atoms with Gasteiger partial charge < -0.3 is 14.8 Å². The number of carbonyl (C=O) groups excluding carboxylic acids is 1. The van der Waals surface area contributed by atoms with E-state index < -0.39 is 0 Å². The number of benzene rings is 2. The van der Waals surface area contributed by atoms with Crippen LogP contribution in [0.25, 0.3) is 0 Å². The highest BCUT2D eigenvalue weighted by Gasteiger charge is 2.31. The molecule has 3 unspecified atom stereocenters. The third-order valence-corrected chi connectivity index (χ3v) is 5.03. The van der Waals surface area contributed by atoms with Crippen LogP contribution in [0.1, 0.15) is 31.1 Å². The van der Waals surface area contributed by atoms with E-state index in [1.54, 1.807) is 7.11 Å². The van der Waals surface area contributed by atoms with Gasteiger partial charge in [-0.05, 0) is 25.5 Å². The van der Waals surface area contributed by atoms with Crippen LogP contribution in [-0.2, 0) is 16.1 Å². The molecule has 0 saturated carbocycles. The quantitative estimate of drug-likeness (QED) is 0.851. The van der Waals surface area contributed by atoms with E-state index >= 15 is 0 Å². The number of methoxy groups -OCH3 is 1. The summed E-state index contributed by atoms with van der Waals surface area (Å²) in [6, 6.07) is 17.7. The maximum Gasteiger partial charge on any atom is 0.237 e. The highest BCUT2D eigenvalue weighted by molar-refractivity contribution is 5.81. The van der Waals surface area contributed by atoms with E-state index in [0.717, 1.165) is 23.4 Å². The fraction of sp³-hybridized carbons (Fsp3) is 0.409. The molecule has 2 aromatic rings. The number of nitrogens with one attached hydrogen (secondary N) is 1. The molecule has 5 heteroatoms. The molecular formula is C22H28N2O3. The monoisotopic (exact) mass is 368 g/mol. The molecule has 1 saturated heterocycles. The van der Waals surface area contributed by atoms with Gasteiger partial charge in [0.2, 0.25) is 5.91 Å². The number of nitrogens with zero attached hydrogens (tertiary/aromatic N) is 1. The van der Waals surface area contributed by atoms with Gasteiger partial charge in [-0.1, -0.05) is 48.5 Å². The van der Waals surface area contributed by atoms with Crippen molar-refractivity contribution in [2.24, 2.45) is 0 Å². The topological polar surface area (TPSA) is 50.8 Å². The summed E-state index contributed by atoms with van der Waals surface area (Å²) in [5, 5.41) is 3.04. The molecular weight excluding hydrogens is 340 g/mol. The normalized spacial score (nSPS) is 21.4. The number of amides is 1. The van der Waals surface area contributed by atoms with Crippen molar-refractivity contribution in [3.8, 4) is 5.75 Å². The second kappa shape index (κ2) is 9.02. The second-order valence-electron chi connectivity index (χ2n) is 7.01. The Hall–Kier alpha value is -2.37. The molecule has 3 rings (SSSR count). The van der Waals surface area contributed by atoms with Crippen LogP contribution in [0.2, 0.25) is 0 Å². The van der Waals surface area contributed by atoms with Crippen molar-refractivity contribution in [2.45, 2.75) is 38.6 Å². The van der Waals surface area contributed by atoms with Gasteiger partial charge in [-0.2, -0.15) is 0 Å². The summed E-state index contributed by atoms with van der Waals surface area (Å²) in [5.74, 6) is 0.802. The molecule has 1 amide bonds. The van der Waals surface area contributed by atoms with Crippen molar-refractivity contribution in [1.29, 1.82) is 0 Å². The maximum atomic E-state index is 12.7. The van der Waals surface area contributed by atoms with Gasteiger partial charge in [0.1, 0.15) is 5.75 Å². The molecule has 0 spiro atoms. The first kappa shape index (κ1) is 19.4. The van der Waals surface area contributed by atoms with Crippen LogP contribution in [0.4, 0.5) is 0 Å². The zero-order valence-electron chi connectivity index (χ0n) is 16.2. The van der Waals surface area contributed by atoms with Crippen LogP contribution >= 0.6 is 0 Å². The van der Waals surface area contributed by atoms with Crippen molar-refractivity contribution in [2.75, 3.05) is 20.2 Å². The molecule has 27 heavy (non-hydrogen) atoms. The van der Waals surface area contributed by atoms with Gasteiger partial charge in [-0.3, -0.25) is 9.69 Å². The molecule has 0 bridgehead atoms. The zero-order valence-corrected chi connectivity index (χ0v) is 16.2. The average Bonchev–Trinajstić information content (AvgIpc) is 2.71. The third-order valence-electron chi connectivity index (χ3n) is 5.03. The molecule has 3 atom stereocenters. The van der Waals surface area contributed by atoms with Crippen molar-refractivity contribution in [3.05, 3.63) is 65.7 Å². The van der Waals surface area contributed by atoms with Crippen molar-refractivity contribution in [1.82, 2.24) is 10.2 Å². The van der Waals surface area contributed by atoms with Crippen LogP contribution < -0.4 is 10.1 Å². The molecule has 1 aliphatic heterocycles. The van der Waals surface area contributed by atoms with Gasteiger partial charge in [0, 0.05) is 25.2 Å². The maximum absolute atomic E-state index is 12.7. The molecule has 1 fully saturated rings. The lowest BCUT2D eigenvalue weighted by atomic mass is 10.1. The summed E-state index contributed by atoms with van der Waals surface area (Å²) < 4.78 is 11.5. The Morgan fingerprint density at radius 2 is 1.89 bits per heavy atom. The molecule has 1 aliphatic rings. The lowest BCUT2D eigenvalue weighted by Crippen LogP contribution is -2.52. The van der Waals surface area contributed by atoms with Crippen LogP contribution in [-0.4, -0.2) is 43.2 Å². The minimum atomic E-state index is -0.225. The molecule has 0 radical (unpaired) electrons. The van der Waals surface area contributed by atoms with Gasteiger partial charge >= 0.3 is 0 Å². The Bertz CT molecular complexity index is 750. The fourth-order valence-corrected chi connectivity index (χ4v) is 3.50. The van der Waals surface area contributed by atoms with Crippen molar-refractivity contribution in [3.63, 3.8) is 0 Å². The predicted octanol–water partition coefficient (Wildman–Crippen LogP) is 3.16. The number of ether oxygens (including phenoxy) is 2. The number of rotatable bonds is 6. The number of para-hydroxylation sites is 1. The van der Waals surface area contributed by atoms with E-state index in [-0.39, 0.29) is 24.2 Å². The first-order chi connectivity index (χ1) is 13.1. The zero-order chi connectivity index (χ0) is 19.2. The Kier molecular flexibility index (Phi) is 6.48. The molecule has 1 heterocycles. The number of hydrogen-bond acceptors (Lipinski definition) is 4. The SMILES string of the molecule is COc1ccccc1CNC(=O)C(C)N1CC(C)OC(c2ccccc2)C1. The standard InChI is InChI=1S/C22H28N2O3/c1-16-14-24(15-21(27-16)18-9-5-4-6-10-18)17(2)22(25)23-13-19-11-7-8-12-20(19)26-3/h4-12,16-17,21H,13-15H2,1-3H3,(H,23,25). The summed E-state index contributed by atoms with van der Waals surface area (Å²) in [7, 11) is 1.64. The lowest BCUT2D eigenvalue weighted by molar-refractivity contribution is -0.133. The van der Waals surface area contributed by atoms with E-state index in [1.165, 1.54) is 0 Å². The van der Waals surface area contributed by atoms with Crippen LogP contribution in [0.5, 0.6) is 5.75 Å². The van der Waals surface area contributed by atoms with E-state index in [9.17, 15) is 4.79 Å². The number of carbonyl (C=O) groups is 1. The molecule has 0 aromatic heterocycles. The molecule has 144 valence electrons. The van der Waals surface area contributed by atoms with Gasteiger partial charge in [0.05, 0.1) is 25.4 Å². The van der Waals surface area contributed by atoms with Gasteiger partial charge in [0.15, 0.2) is 0 Å². The summed E-state index contributed by atoms with van der Waals surface area (Å²) in [5.41, 5.74) is 2.12. The Labute approximate surface area is 161 Å². The summed E-state index contributed by atoms with van der Waals surface area (Å²) >= 11 is 0. The van der Waals surface area contributed by atoms with E-state index in [4.69, 9.17) is 9.47 Å². The van der Waals surface area contributed by atoms with Crippen LogP contribution in [0.3, 0.4) is 0 Å². The van der Waals surface area contributed by atoms with E-state index in [0.29, 0.717) is 13.1 Å². The smallest absolute Gasteiger partial charge is 0.237 e. The Morgan fingerprint density at radius 3 is 2.63 bits per heavy atom. The summed E-state index contributed by atoms with van der Waals surface area (Å²) in [6.45, 7) is 5.92. The average molecular weight is 368 g/mol. The minimum Gasteiger partial charge on any atom is -0.496 e. The van der Waals surface area contributed by atoms with Crippen molar-refractivity contribution >= 4 is 5.91 Å². The molecule has 5 nitrogen and oxygen atoms in total. The Morgan fingerprint density at radius 1 is 1.19 bits per heavy atom. The minimum absolute atomic E-state index is 0.0144. The summed E-state index contributed by atoms with van der Waals surface area (Å²) in [4.78, 5) is 14.9. The van der Waals surface area contributed by atoms with Crippen LogP contribution in [0, 0.1) is 0 Å². The molecule has 2 aromatic carbocycles. The van der Waals surface area contributed by atoms with Gasteiger partial charge in [-0.15, -0.1) is 0 Å². The first-order valence-corrected chi connectivity index (χ1v) is 9.42. The Balaban J connectivity index is 1.61. The first-order valence-electron chi connectivity index (χ1n) is 9.42. The van der Waals surface area contributed by atoms with Crippen molar-refractivity contribution < 1.29 is 14.3 Å². The number of hydrogen-bond donors (Lipinski definition) is 1. The molecule has 0 aliphatic carbocycles.